The van der Waals surface area contributed by atoms with Crippen LogP contribution >= 0.6 is 27.7 Å². The van der Waals surface area contributed by atoms with Crippen molar-refractivity contribution in [3.63, 3.8) is 0 Å². The Morgan fingerprint density at radius 1 is 1.07 bits per heavy atom. The SMILES string of the molecule is O=C(CSc1nc2ccc(Br)cc2c(=O)n1-c1ccccc1)N1CCCCC1. The van der Waals surface area contributed by atoms with E-state index < -0.39 is 0 Å². The summed E-state index contributed by atoms with van der Waals surface area (Å²) in [6, 6.07) is 14.9. The summed E-state index contributed by atoms with van der Waals surface area (Å²) in [7, 11) is 0. The Labute approximate surface area is 175 Å². The van der Waals surface area contributed by atoms with E-state index in [1.54, 1.807) is 10.6 Å². The predicted octanol–water partition coefficient (Wildman–Crippen LogP) is 4.25. The molecule has 0 bridgehead atoms. The third-order valence-electron chi connectivity index (χ3n) is 4.85. The van der Waals surface area contributed by atoms with Crippen molar-refractivity contribution in [1.29, 1.82) is 0 Å². The maximum Gasteiger partial charge on any atom is 0.266 e. The first-order valence-corrected chi connectivity index (χ1v) is 11.1. The summed E-state index contributed by atoms with van der Waals surface area (Å²) in [4.78, 5) is 32.5. The molecular formula is C21H20BrN3O2S. The second-order valence-corrected chi connectivity index (χ2v) is 8.62. The molecule has 144 valence electrons. The van der Waals surface area contributed by atoms with E-state index in [0.29, 0.717) is 16.1 Å². The van der Waals surface area contributed by atoms with E-state index in [1.165, 1.54) is 18.2 Å². The smallest absolute Gasteiger partial charge is 0.266 e. The van der Waals surface area contributed by atoms with Crippen molar-refractivity contribution >= 4 is 44.5 Å². The summed E-state index contributed by atoms with van der Waals surface area (Å²) in [5, 5.41) is 1.08. The minimum Gasteiger partial charge on any atom is -0.342 e. The van der Waals surface area contributed by atoms with Gasteiger partial charge in [-0.1, -0.05) is 45.9 Å². The Morgan fingerprint density at radius 2 is 1.82 bits per heavy atom. The number of halogens is 1. The van der Waals surface area contributed by atoms with Crippen LogP contribution < -0.4 is 5.56 Å². The molecule has 0 radical (unpaired) electrons. The van der Waals surface area contributed by atoms with E-state index in [4.69, 9.17) is 4.98 Å². The molecule has 1 amide bonds. The number of carbonyl (C=O) groups is 1. The largest absolute Gasteiger partial charge is 0.342 e. The monoisotopic (exact) mass is 457 g/mol. The van der Waals surface area contributed by atoms with E-state index in [9.17, 15) is 9.59 Å². The maximum absolute atomic E-state index is 13.2. The molecule has 0 aliphatic carbocycles. The van der Waals surface area contributed by atoms with Gasteiger partial charge in [-0.3, -0.25) is 14.2 Å². The van der Waals surface area contributed by atoms with Crippen molar-refractivity contribution < 1.29 is 4.79 Å². The average molecular weight is 458 g/mol. The van der Waals surface area contributed by atoms with Gasteiger partial charge in [0, 0.05) is 17.6 Å². The zero-order chi connectivity index (χ0) is 19.5. The lowest BCUT2D eigenvalue weighted by Gasteiger charge is -2.26. The van der Waals surface area contributed by atoms with Crippen LogP contribution in [0.1, 0.15) is 19.3 Å². The molecule has 2 heterocycles. The van der Waals surface area contributed by atoms with E-state index in [0.717, 1.165) is 36.1 Å². The number of hydrogen-bond acceptors (Lipinski definition) is 4. The quantitative estimate of drug-likeness (QED) is 0.433. The standard InChI is InChI=1S/C21H20BrN3O2S/c22-15-9-10-18-17(13-15)20(27)25(16-7-3-1-4-8-16)21(23-18)28-14-19(26)24-11-5-2-6-12-24/h1,3-4,7-10,13H,2,5-6,11-12,14H2. The summed E-state index contributed by atoms with van der Waals surface area (Å²) < 4.78 is 2.43. The normalized spacial score (nSPS) is 14.4. The minimum absolute atomic E-state index is 0.106. The van der Waals surface area contributed by atoms with Crippen molar-refractivity contribution in [1.82, 2.24) is 14.5 Å². The lowest BCUT2D eigenvalue weighted by Crippen LogP contribution is -2.36. The van der Waals surface area contributed by atoms with Crippen LogP contribution in [0.3, 0.4) is 0 Å². The first kappa shape index (κ1) is 19.2. The van der Waals surface area contributed by atoms with Gasteiger partial charge in [0.15, 0.2) is 5.16 Å². The minimum atomic E-state index is -0.134. The van der Waals surface area contributed by atoms with Gasteiger partial charge in [-0.05, 0) is 49.6 Å². The summed E-state index contributed by atoms with van der Waals surface area (Å²) in [5.41, 5.74) is 1.24. The number of nitrogens with zero attached hydrogens (tertiary/aromatic N) is 3. The summed E-state index contributed by atoms with van der Waals surface area (Å²) in [5.74, 6) is 0.385. The van der Waals surface area contributed by atoms with Crippen molar-refractivity contribution in [2.24, 2.45) is 0 Å². The molecule has 0 atom stereocenters. The van der Waals surface area contributed by atoms with Crippen molar-refractivity contribution in [2.45, 2.75) is 24.4 Å². The number of amides is 1. The molecule has 0 N–H and O–H groups in total. The summed E-state index contributed by atoms with van der Waals surface area (Å²) in [6.45, 7) is 1.65. The van der Waals surface area contributed by atoms with Crippen LogP contribution in [-0.4, -0.2) is 39.2 Å². The van der Waals surface area contributed by atoms with E-state index in [2.05, 4.69) is 15.9 Å². The Bertz CT molecular complexity index is 1060. The lowest BCUT2D eigenvalue weighted by atomic mass is 10.1. The number of aromatic nitrogens is 2. The number of benzene rings is 2. The molecule has 4 rings (SSSR count). The Morgan fingerprint density at radius 3 is 2.57 bits per heavy atom. The molecule has 5 nitrogen and oxygen atoms in total. The number of hydrogen-bond donors (Lipinski definition) is 0. The van der Waals surface area contributed by atoms with Crippen molar-refractivity contribution in [3.8, 4) is 5.69 Å². The number of piperidine rings is 1. The number of likely N-dealkylation sites (tertiary alicyclic amines) is 1. The molecule has 0 saturated carbocycles. The summed E-state index contributed by atoms with van der Waals surface area (Å²) in [6.07, 6.45) is 3.31. The molecule has 28 heavy (non-hydrogen) atoms. The van der Waals surface area contributed by atoms with Gasteiger partial charge in [-0.15, -0.1) is 0 Å². The first-order chi connectivity index (χ1) is 13.6. The van der Waals surface area contributed by atoms with Crippen LogP contribution in [0.25, 0.3) is 16.6 Å². The van der Waals surface area contributed by atoms with Crippen LogP contribution in [0.2, 0.25) is 0 Å². The fourth-order valence-electron chi connectivity index (χ4n) is 3.40. The highest BCUT2D eigenvalue weighted by Gasteiger charge is 2.19. The van der Waals surface area contributed by atoms with Crippen LogP contribution in [0, 0.1) is 0 Å². The van der Waals surface area contributed by atoms with Gasteiger partial charge in [-0.2, -0.15) is 0 Å². The van der Waals surface area contributed by atoms with Crippen LogP contribution in [-0.2, 0) is 4.79 Å². The molecule has 3 aromatic rings. The van der Waals surface area contributed by atoms with Gasteiger partial charge in [0.1, 0.15) is 0 Å². The summed E-state index contributed by atoms with van der Waals surface area (Å²) >= 11 is 4.75. The third-order valence-corrected chi connectivity index (χ3v) is 6.26. The fourth-order valence-corrected chi connectivity index (χ4v) is 4.68. The van der Waals surface area contributed by atoms with Gasteiger partial charge in [-0.25, -0.2) is 4.98 Å². The number of thioether (sulfide) groups is 1. The van der Waals surface area contributed by atoms with Crippen LogP contribution in [0.4, 0.5) is 0 Å². The van der Waals surface area contributed by atoms with Gasteiger partial charge < -0.3 is 4.90 Å². The van der Waals surface area contributed by atoms with Crippen LogP contribution in [0.5, 0.6) is 0 Å². The molecule has 1 aromatic heterocycles. The lowest BCUT2D eigenvalue weighted by molar-refractivity contribution is -0.129. The second-order valence-electron chi connectivity index (χ2n) is 6.76. The molecule has 1 saturated heterocycles. The predicted molar refractivity (Wildman–Crippen MR) is 116 cm³/mol. The molecule has 0 spiro atoms. The number of carbonyl (C=O) groups excluding carboxylic acids is 1. The Balaban J connectivity index is 1.72. The van der Waals surface area contributed by atoms with Gasteiger partial charge in [0.2, 0.25) is 5.91 Å². The zero-order valence-corrected chi connectivity index (χ0v) is 17.7. The van der Waals surface area contributed by atoms with Crippen LogP contribution in [0.15, 0.2) is 63.0 Å². The first-order valence-electron chi connectivity index (χ1n) is 9.32. The van der Waals surface area contributed by atoms with Gasteiger partial charge in [0.25, 0.3) is 5.56 Å². The molecule has 2 aromatic carbocycles. The van der Waals surface area contributed by atoms with Crippen molar-refractivity contribution in [3.05, 3.63) is 63.4 Å². The fraction of sp³-hybridized carbons (Fsp3) is 0.286. The maximum atomic E-state index is 13.2. The second kappa shape index (κ2) is 8.49. The number of rotatable bonds is 4. The Hall–Kier alpha value is -2.12. The highest BCUT2D eigenvalue weighted by Crippen LogP contribution is 2.24. The van der Waals surface area contributed by atoms with E-state index in [1.807, 2.05) is 47.4 Å². The molecule has 0 unspecified atom stereocenters. The molecule has 1 aliphatic heterocycles. The van der Waals surface area contributed by atoms with Gasteiger partial charge in [0.05, 0.1) is 22.3 Å². The average Bonchev–Trinajstić information content (AvgIpc) is 2.74. The van der Waals surface area contributed by atoms with Crippen molar-refractivity contribution in [2.75, 3.05) is 18.8 Å². The number of fused-ring (bicyclic) bond motifs is 1. The Kier molecular flexibility index (Phi) is 5.82. The molecule has 7 heteroatoms. The number of para-hydroxylation sites is 1. The zero-order valence-electron chi connectivity index (χ0n) is 15.3. The van der Waals surface area contributed by atoms with Gasteiger partial charge >= 0.3 is 0 Å². The highest BCUT2D eigenvalue weighted by molar-refractivity contribution is 9.10. The molecule has 1 aliphatic rings. The highest BCUT2D eigenvalue weighted by atomic mass is 79.9. The molecular weight excluding hydrogens is 438 g/mol. The van der Waals surface area contributed by atoms with E-state index in [-0.39, 0.29) is 17.2 Å². The molecule has 1 fully saturated rings. The topological polar surface area (TPSA) is 55.2 Å². The van der Waals surface area contributed by atoms with E-state index >= 15 is 0 Å². The third kappa shape index (κ3) is 4.00.